The lowest BCUT2D eigenvalue weighted by Crippen LogP contribution is -2.31. The lowest BCUT2D eigenvalue weighted by atomic mass is 9.95. The van der Waals surface area contributed by atoms with E-state index in [1.807, 2.05) is 47.4 Å². The number of aromatic hydroxyl groups is 1. The van der Waals surface area contributed by atoms with Crippen LogP contribution in [0.5, 0.6) is 23.0 Å². The van der Waals surface area contributed by atoms with Crippen LogP contribution in [0.25, 0.3) is 11.3 Å². The van der Waals surface area contributed by atoms with Gasteiger partial charge in [0.05, 0.1) is 26.9 Å². The fraction of sp³-hybridized carbons (Fsp3) is 0.290. The summed E-state index contributed by atoms with van der Waals surface area (Å²) >= 11 is 6.27. The Morgan fingerprint density at radius 3 is 2.52 bits per heavy atom. The SMILES string of the molecule is CCCCOc1ccc(C2c3c(-c4cc(Cl)ccc4O)n[nH]c3C(=O)N2CCc2ccc(OC)c(OC)c2)cc1. The number of carbonyl (C=O) groups excluding carboxylic acids is 1. The number of hydrogen-bond donors (Lipinski definition) is 2. The van der Waals surface area contributed by atoms with Gasteiger partial charge in [0, 0.05) is 22.7 Å². The van der Waals surface area contributed by atoms with Crippen molar-refractivity contribution >= 4 is 17.5 Å². The summed E-state index contributed by atoms with van der Waals surface area (Å²) in [7, 11) is 3.20. The average Bonchev–Trinajstić information content (AvgIpc) is 3.52. The molecule has 8 nitrogen and oxygen atoms in total. The van der Waals surface area contributed by atoms with E-state index in [9.17, 15) is 9.90 Å². The van der Waals surface area contributed by atoms with Crippen LogP contribution in [0.4, 0.5) is 0 Å². The molecule has 1 amide bonds. The minimum Gasteiger partial charge on any atom is -0.507 e. The Morgan fingerprint density at radius 2 is 1.80 bits per heavy atom. The van der Waals surface area contributed by atoms with Crippen LogP contribution in [0.15, 0.2) is 60.7 Å². The number of unbranched alkanes of at least 4 members (excludes halogenated alkanes) is 1. The number of benzene rings is 3. The van der Waals surface area contributed by atoms with Crippen molar-refractivity contribution in [3.8, 4) is 34.3 Å². The summed E-state index contributed by atoms with van der Waals surface area (Å²) in [6, 6.07) is 17.9. The van der Waals surface area contributed by atoms with Crippen molar-refractivity contribution in [2.45, 2.75) is 32.2 Å². The highest BCUT2D eigenvalue weighted by Gasteiger charge is 2.42. The molecule has 9 heteroatoms. The molecule has 0 radical (unpaired) electrons. The van der Waals surface area contributed by atoms with Crippen LogP contribution in [0.2, 0.25) is 5.02 Å². The Balaban J connectivity index is 1.51. The first-order chi connectivity index (χ1) is 19.4. The van der Waals surface area contributed by atoms with Gasteiger partial charge in [0.1, 0.15) is 22.9 Å². The van der Waals surface area contributed by atoms with Gasteiger partial charge in [-0.2, -0.15) is 5.10 Å². The molecule has 0 bridgehead atoms. The highest BCUT2D eigenvalue weighted by Crippen LogP contribution is 2.45. The van der Waals surface area contributed by atoms with Gasteiger partial charge in [-0.1, -0.05) is 43.1 Å². The Kier molecular flexibility index (Phi) is 8.16. The molecule has 1 unspecified atom stereocenters. The molecule has 1 atom stereocenters. The first kappa shape index (κ1) is 27.4. The minimum absolute atomic E-state index is 0.0355. The zero-order valence-corrected chi connectivity index (χ0v) is 23.5. The van der Waals surface area contributed by atoms with Gasteiger partial charge in [-0.3, -0.25) is 9.89 Å². The molecule has 0 fully saturated rings. The number of phenolic OH excluding ortho intramolecular Hbond substituents is 1. The molecule has 2 heterocycles. The van der Waals surface area contributed by atoms with Crippen LogP contribution in [-0.2, 0) is 6.42 Å². The lowest BCUT2D eigenvalue weighted by Gasteiger charge is -2.27. The number of ether oxygens (including phenoxy) is 3. The number of methoxy groups -OCH3 is 2. The van der Waals surface area contributed by atoms with Crippen LogP contribution in [-0.4, -0.2) is 53.5 Å². The zero-order chi connectivity index (χ0) is 28.2. The summed E-state index contributed by atoms with van der Waals surface area (Å²) in [6.07, 6.45) is 2.63. The largest absolute Gasteiger partial charge is 0.507 e. The van der Waals surface area contributed by atoms with Gasteiger partial charge in [0.15, 0.2) is 11.5 Å². The number of rotatable bonds is 11. The van der Waals surface area contributed by atoms with Crippen molar-refractivity contribution in [3.63, 3.8) is 0 Å². The smallest absolute Gasteiger partial charge is 0.273 e. The summed E-state index contributed by atoms with van der Waals surface area (Å²) in [6.45, 7) is 3.22. The molecule has 1 aromatic heterocycles. The monoisotopic (exact) mass is 561 g/mol. The van der Waals surface area contributed by atoms with E-state index in [0.29, 0.717) is 58.6 Å². The summed E-state index contributed by atoms with van der Waals surface area (Å²) in [5.41, 5.74) is 3.97. The Morgan fingerprint density at radius 1 is 1.02 bits per heavy atom. The highest BCUT2D eigenvalue weighted by molar-refractivity contribution is 6.31. The normalized spacial score (nSPS) is 14.3. The zero-order valence-electron chi connectivity index (χ0n) is 22.7. The fourth-order valence-electron chi connectivity index (χ4n) is 5.04. The predicted octanol–water partition coefficient (Wildman–Crippen LogP) is 6.42. The molecule has 1 aliphatic heterocycles. The standard InChI is InChI=1S/C31H32ClN3O5/c1-4-5-16-40-22-10-7-20(8-11-22)30-27-28(23-18-21(32)9-12-24(23)36)33-34-29(27)31(37)35(30)15-14-19-6-13-25(38-2)26(17-19)39-3/h6-13,17-18,30,36H,4-5,14-16H2,1-3H3,(H,33,34). The second-order valence-electron chi connectivity index (χ2n) is 9.63. The third-order valence-electron chi connectivity index (χ3n) is 7.13. The van der Waals surface area contributed by atoms with Crippen LogP contribution >= 0.6 is 11.6 Å². The number of fused-ring (bicyclic) bond motifs is 1. The number of amides is 1. The van der Waals surface area contributed by atoms with E-state index in [4.69, 9.17) is 25.8 Å². The van der Waals surface area contributed by atoms with Crippen molar-refractivity contribution in [2.75, 3.05) is 27.4 Å². The molecule has 0 spiro atoms. The molecule has 3 aromatic carbocycles. The Hall–Kier alpha value is -4.17. The first-order valence-electron chi connectivity index (χ1n) is 13.3. The van der Waals surface area contributed by atoms with Crippen molar-refractivity contribution in [1.82, 2.24) is 15.1 Å². The average molecular weight is 562 g/mol. The van der Waals surface area contributed by atoms with Crippen LogP contribution < -0.4 is 14.2 Å². The number of nitrogens with one attached hydrogen (secondary N) is 1. The second kappa shape index (κ2) is 11.9. The van der Waals surface area contributed by atoms with Gasteiger partial charge < -0.3 is 24.2 Å². The molecule has 4 aromatic rings. The second-order valence-corrected chi connectivity index (χ2v) is 10.1. The van der Waals surface area contributed by atoms with Gasteiger partial charge in [0.25, 0.3) is 5.91 Å². The molecule has 208 valence electrons. The minimum atomic E-state index is -0.431. The van der Waals surface area contributed by atoms with E-state index in [0.717, 1.165) is 29.7 Å². The summed E-state index contributed by atoms with van der Waals surface area (Å²) in [5, 5.41) is 18.5. The van der Waals surface area contributed by atoms with Crippen molar-refractivity contribution in [2.24, 2.45) is 0 Å². The fourth-order valence-corrected chi connectivity index (χ4v) is 5.22. The summed E-state index contributed by atoms with van der Waals surface area (Å²) in [4.78, 5) is 15.6. The molecular weight excluding hydrogens is 530 g/mol. The predicted molar refractivity (Wildman–Crippen MR) is 154 cm³/mol. The lowest BCUT2D eigenvalue weighted by molar-refractivity contribution is 0.0746. The van der Waals surface area contributed by atoms with Gasteiger partial charge in [0.2, 0.25) is 0 Å². The highest BCUT2D eigenvalue weighted by atomic mass is 35.5. The van der Waals surface area contributed by atoms with E-state index in [2.05, 4.69) is 17.1 Å². The summed E-state index contributed by atoms with van der Waals surface area (Å²) in [5.74, 6) is 1.93. The van der Waals surface area contributed by atoms with Crippen molar-refractivity contribution in [3.05, 3.63) is 88.1 Å². The third-order valence-corrected chi connectivity index (χ3v) is 7.36. The van der Waals surface area contributed by atoms with Crippen molar-refractivity contribution < 1.29 is 24.1 Å². The molecule has 0 saturated carbocycles. The van der Waals surface area contributed by atoms with Gasteiger partial charge in [-0.15, -0.1) is 0 Å². The number of carbonyl (C=O) groups is 1. The molecule has 2 N–H and O–H groups in total. The van der Waals surface area contributed by atoms with E-state index < -0.39 is 6.04 Å². The number of nitrogens with zero attached hydrogens (tertiary/aromatic N) is 2. The number of halogens is 1. The topological polar surface area (TPSA) is 96.9 Å². The number of hydrogen-bond acceptors (Lipinski definition) is 6. The maximum absolute atomic E-state index is 13.8. The van der Waals surface area contributed by atoms with Gasteiger partial charge in [-0.05, 0) is 66.4 Å². The van der Waals surface area contributed by atoms with Crippen LogP contribution in [0, 0.1) is 0 Å². The van der Waals surface area contributed by atoms with Crippen LogP contribution in [0.3, 0.4) is 0 Å². The van der Waals surface area contributed by atoms with E-state index >= 15 is 0 Å². The van der Waals surface area contributed by atoms with Gasteiger partial charge >= 0.3 is 0 Å². The number of aromatic nitrogens is 2. The summed E-state index contributed by atoms with van der Waals surface area (Å²) < 4.78 is 16.7. The number of H-pyrrole nitrogens is 1. The van der Waals surface area contributed by atoms with Crippen molar-refractivity contribution in [1.29, 1.82) is 0 Å². The third kappa shape index (κ3) is 5.31. The van der Waals surface area contributed by atoms with Crippen LogP contribution in [0.1, 0.15) is 53.0 Å². The number of aromatic amines is 1. The molecule has 0 aliphatic carbocycles. The Labute approximate surface area is 238 Å². The Bertz CT molecular complexity index is 1500. The molecule has 0 saturated heterocycles. The first-order valence-corrected chi connectivity index (χ1v) is 13.6. The van der Waals surface area contributed by atoms with E-state index in [1.165, 1.54) is 6.07 Å². The molecule has 5 rings (SSSR count). The van der Waals surface area contributed by atoms with Gasteiger partial charge in [-0.25, -0.2) is 0 Å². The van der Waals surface area contributed by atoms with E-state index in [1.54, 1.807) is 26.4 Å². The maximum Gasteiger partial charge on any atom is 0.273 e. The molecule has 40 heavy (non-hydrogen) atoms. The van der Waals surface area contributed by atoms with E-state index in [-0.39, 0.29) is 11.7 Å². The molecule has 1 aliphatic rings. The molecular formula is C31H32ClN3O5. The number of phenols is 1. The quantitative estimate of drug-likeness (QED) is 0.205. The maximum atomic E-state index is 13.8.